The normalized spacial score (nSPS) is 27.6. The van der Waals surface area contributed by atoms with Gasteiger partial charge in [-0.1, -0.05) is 54.6 Å². The molecular weight excluding hydrogens is 479 g/mol. The van der Waals surface area contributed by atoms with Gasteiger partial charge in [0.2, 0.25) is 5.91 Å². The Morgan fingerprint density at radius 2 is 1.95 bits per heavy atom. The molecule has 2 aromatic carbocycles. The van der Waals surface area contributed by atoms with E-state index in [2.05, 4.69) is 22.8 Å². The van der Waals surface area contributed by atoms with Crippen molar-refractivity contribution in [2.24, 2.45) is 17.6 Å². The minimum absolute atomic E-state index is 0.0321. The van der Waals surface area contributed by atoms with Crippen LogP contribution in [-0.4, -0.2) is 30.6 Å². The molecule has 196 valence electrons. The van der Waals surface area contributed by atoms with Gasteiger partial charge in [0.05, 0.1) is 23.8 Å². The number of rotatable bonds is 7. The summed E-state index contributed by atoms with van der Waals surface area (Å²) in [6.45, 7) is 0.391. The zero-order valence-electron chi connectivity index (χ0n) is 20.5. The lowest BCUT2D eigenvalue weighted by Gasteiger charge is -2.48. The van der Waals surface area contributed by atoms with E-state index in [-0.39, 0.29) is 24.0 Å². The number of carbonyl (C=O) groups is 1. The lowest BCUT2D eigenvalue weighted by atomic mass is 9.73. The Hall–Kier alpha value is -3.10. The number of amides is 1. The van der Waals surface area contributed by atoms with Crippen LogP contribution in [0.25, 0.3) is 0 Å². The molecule has 1 aliphatic carbocycles. The number of hydrogen-bond acceptors (Lipinski definition) is 4. The molecule has 2 aromatic rings. The maximum atomic E-state index is 13.6. The lowest BCUT2D eigenvalue weighted by Crippen LogP contribution is -2.50. The Morgan fingerprint density at radius 1 is 1.14 bits per heavy atom. The topological polar surface area (TPSA) is 76.4 Å². The van der Waals surface area contributed by atoms with E-state index in [0.717, 1.165) is 30.9 Å². The molecule has 4 N–H and O–H groups in total. The fourth-order valence-corrected chi connectivity index (χ4v) is 5.81. The summed E-state index contributed by atoms with van der Waals surface area (Å²) in [5.74, 6) is -0.183. The molecule has 0 aromatic heterocycles. The fourth-order valence-electron chi connectivity index (χ4n) is 5.81. The molecule has 6 atom stereocenters. The quantitative estimate of drug-likeness (QED) is 0.480. The van der Waals surface area contributed by atoms with Crippen LogP contribution in [-0.2, 0) is 22.1 Å². The van der Waals surface area contributed by atoms with Crippen molar-refractivity contribution >= 4 is 11.6 Å². The van der Waals surface area contributed by atoms with Gasteiger partial charge in [-0.3, -0.25) is 4.79 Å². The first-order valence-corrected chi connectivity index (χ1v) is 12.8. The summed E-state index contributed by atoms with van der Waals surface area (Å²) < 4.78 is 47.2. The van der Waals surface area contributed by atoms with Crippen LogP contribution in [0.1, 0.15) is 42.1 Å². The van der Waals surface area contributed by atoms with E-state index in [1.807, 2.05) is 42.5 Å². The number of nitrogens with two attached hydrogens (primary N) is 1. The summed E-state index contributed by atoms with van der Waals surface area (Å²) in [6.07, 6.45) is 6.06. The van der Waals surface area contributed by atoms with Crippen LogP contribution in [0.5, 0.6) is 0 Å². The van der Waals surface area contributed by atoms with E-state index in [1.165, 1.54) is 12.1 Å². The van der Waals surface area contributed by atoms with Gasteiger partial charge in [-0.2, -0.15) is 13.2 Å². The number of fused-ring (bicyclic) bond motifs is 3. The molecule has 2 aliphatic heterocycles. The summed E-state index contributed by atoms with van der Waals surface area (Å²) in [6, 6.07) is 13.0. The van der Waals surface area contributed by atoms with E-state index in [1.54, 1.807) is 0 Å². The molecule has 2 heterocycles. The number of halogens is 3. The number of nitrogens with one attached hydrogen (secondary N) is 2. The monoisotopic (exact) mass is 511 g/mol. The van der Waals surface area contributed by atoms with Crippen molar-refractivity contribution in [1.82, 2.24) is 5.32 Å². The Bertz CT molecular complexity index is 1160. The zero-order chi connectivity index (χ0) is 26.0. The van der Waals surface area contributed by atoms with E-state index >= 15 is 0 Å². The van der Waals surface area contributed by atoms with Gasteiger partial charge in [-0.15, -0.1) is 0 Å². The number of anilines is 1. The summed E-state index contributed by atoms with van der Waals surface area (Å²) in [7, 11) is 0. The molecule has 1 saturated heterocycles. The van der Waals surface area contributed by atoms with Gasteiger partial charge in [-0.05, 0) is 49.4 Å². The third-order valence-corrected chi connectivity index (χ3v) is 7.71. The van der Waals surface area contributed by atoms with Crippen LogP contribution in [0.15, 0.2) is 72.8 Å². The van der Waals surface area contributed by atoms with Crippen molar-refractivity contribution in [2.45, 2.75) is 56.2 Å². The summed E-state index contributed by atoms with van der Waals surface area (Å²) in [5.41, 5.74) is 7.22. The Morgan fingerprint density at radius 3 is 2.65 bits per heavy atom. The molecule has 5 rings (SSSR count). The molecule has 8 heteroatoms. The number of carbonyl (C=O) groups excluding carboxylic acids is 1. The second kappa shape index (κ2) is 10.7. The third-order valence-electron chi connectivity index (χ3n) is 7.71. The molecule has 1 fully saturated rings. The molecule has 0 saturated carbocycles. The molecule has 0 bridgehead atoms. The van der Waals surface area contributed by atoms with Gasteiger partial charge >= 0.3 is 6.18 Å². The Labute approximate surface area is 215 Å². The molecule has 3 aliphatic rings. The minimum Gasteiger partial charge on any atom is -0.381 e. The van der Waals surface area contributed by atoms with Gasteiger partial charge in [0, 0.05) is 35.7 Å². The first-order valence-electron chi connectivity index (χ1n) is 12.8. The first-order chi connectivity index (χ1) is 17.8. The predicted molar refractivity (Wildman–Crippen MR) is 137 cm³/mol. The zero-order valence-corrected chi connectivity index (χ0v) is 20.5. The highest BCUT2D eigenvalue weighted by Gasteiger charge is 2.45. The standard InChI is InChI=1S/C29H32F3N3O2/c30-29(31,32)20-11-14-24-23(16-20)27-22(26(35-24)19-9-5-2-6-10-19)13-12-21(37-27)17-34-25(28(33)36)15-18-7-3-1-4-8-18/h1-9,11,14,16,19,21-22,25-27,34-35H,10,12-13,15,17H2,(H2,33,36)/t19?,21-,22+,25+,26+,27+/m1/s1. The van der Waals surface area contributed by atoms with Gasteiger partial charge < -0.3 is 21.1 Å². The van der Waals surface area contributed by atoms with Crippen LogP contribution in [0.2, 0.25) is 0 Å². The van der Waals surface area contributed by atoms with E-state index in [4.69, 9.17) is 10.5 Å². The number of alkyl halides is 3. The summed E-state index contributed by atoms with van der Waals surface area (Å²) in [4.78, 5) is 12.1. The number of benzene rings is 2. The van der Waals surface area contributed by atoms with Crippen LogP contribution < -0.4 is 16.4 Å². The number of allylic oxidation sites excluding steroid dienone is 3. The van der Waals surface area contributed by atoms with E-state index < -0.39 is 29.8 Å². The molecule has 1 amide bonds. The largest absolute Gasteiger partial charge is 0.416 e. The van der Waals surface area contributed by atoms with Gasteiger partial charge in [0.25, 0.3) is 0 Å². The smallest absolute Gasteiger partial charge is 0.381 e. The van der Waals surface area contributed by atoms with Crippen molar-refractivity contribution in [3.63, 3.8) is 0 Å². The van der Waals surface area contributed by atoms with Crippen molar-refractivity contribution < 1.29 is 22.7 Å². The average molecular weight is 512 g/mol. The van der Waals surface area contributed by atoms with Crippen LogP contribution in [0.4, 0.5) is 18.9 Å². The number of ether oxygens (including phenoxy) is 1. The molecule has 0 radical (unpaired) electrons. The average Bonchev–Trinajstić information content (AvgIpc) is 2.90. The van der Waals surface area contributed by atoms with Crippen LogP contribution in [0.3, 0.4) is 0 Å². The highest BCUT2D eigenvalue weighted by Crippen LogP contribution is 2.49. The number of primary amides is 1. The highest BCUT2D eigenvalue weighted by atomic mass is 19.4. The van der Waals surface area contributed by atoms with Crippen molar-refractivity contribution in [3.8, 4) is 0 Å². The van der Waals surface area contributed by atoms with Crippen molar-refractivity contribution in [1.29, 1.82) is 0 Å². The second-order valence-electron chi connectivity index (χ2n) is 10.2. The SMILES string of the molecule is NC(=O)[C@H](Cc1ccccc1)NC[C@H]1CC[C@@H]2[C@H](O1)c1cc(C(F)(F)F)ccc1N[C@H]2C1C=CC=CC1. The van der Waals surface area contributed by atoms with Crippen molar-refractivity contribution in [2.75, 3.05) is 11.9 Å². The van der Waals surface area contributed by atoms with Crippen molar-refractivity contribution in [3.05, 3.63) is 89.5 Å². The van der Waals surface area contributed by atoms with Gasteiger partial charge in [0.1, 0.15) is 0 Å². The van der Waals surface area contributed by atoms with Crippen LogP contribution >= 0.6 is 0 Å². The van der Waals surface area contributed by atoms with E-state index in [9.17, 15) is 18.0 Å². The van der Waals surface area contributed by atoms with E-state index in [0.29, 0.717) is 24.2 Å². The number of hydrogen-bond donors (Lipinski definition) is 3. The third kappa shape index (κ3) is 5.75. The Kier molecular flexibility index (Phi) is 7.40. The molecular formula is C29H32F3N3O2. The summed E-state index contributed by atoms with van der Waals surface area (Å²) in [5, 5.41) is 6.79. The van der Waals surface area contributed by atoms with Gasteiger partial charge in [0.15, 0.2) is 0 Å². The molecule has 5 nitrogen and oxygen atoms in total. The second-order valence-corrected chi connectivity index (χ2v) is 10.2. The molecule has 1 unspecified atom stereocenters. The minimum atomic E-state index is -4.43. The van der Waals surface area contributed by atoms with Gasteiger partial charge in [-0.25, -0.2) is 0 Å². The fraction of sp³-hybridized carbons (Fsp3) is 0.414. The maximum Gasteiger partial charge on any atom is 0.416 e. The molecule has 0 spiro atoms. The predicted octanol–water partition coefficient (Wildman–Crippen LogP) is 5.15. The summed E-state index contributed by atoms with van der Waals surface area (Å²) >= 11 is 0. The maximum absolute atomic E-state index is 13.6. The van der Waals surface area contributed by atoms with Crippen LogP contribution in [0, 0.1) is 11.8 Å². The Balaban J connectivity index is 1.35. The molecule has 37 heavy (non-hydrogen) atoms. The first kappa shape index (κ1) is 25.5. The highest BCUT2D eigenvalue weighted by molar-refractivity contribution is 5.80. The lowest BCUT2D eigenvalue weighted by molar-refractivity contribution is -0.138.